The number of piperidine rings is 1. The highest BCUT2D eigenvalue weighted by Crippen LogP contribution is 2.24. The summed E-state index contributed by atoms with van der Waals surface area (Å²) in [5, 5.41) is 3.05. The van der Waals surface area contributed by atoms with Crippen LogP contribution in [0.4, 0.5) is 0 Å². The number of likely N-dealkylation sites (tertiary alicyclic amines) is 1. The molecule has 1 saturated heterocycles. The lowest BCUT2D eigenvalue weighted by atomic mass is 9.93. The third-order valence-electron chi connectivity index (χ3n) is 4.37. The summed E-state index contributed by atoms with van der Waals surface area (Å²) in [5.41, 5.74) is 0.136. The van der Waals surface area contributed by atoms with Crippen molar-refractivity contribution in [2.75, 3.05) is 27.3 Å². The number of nitrogens with one attached hydrogen (secondary N) is 1. The van der Waals surface area contributed by atoms with Gasteiger partial charge in [0.15, 0.2) is 0 Å². The lowest BCUT2D eigenvalue weighted by Crippen LogP contribution is -2.49. The molecule has 0 saturated carbocycles. The number of hydrogen-bond donors (Lipinski definition) is 1. The number of amides is 2. The topological polar surface area (TPSA) is 67.9 Å². The average Bonchev–Trinajstić information content (AvgIpc) is 2.60. The number of benzene rings is 1. The van der Waals surface area contributed by atoms with E-state index in [-0.39, 0.29) is 23.3 Å². The summed E-state index contributed by atoms with van der Waals surface area (Å²) in [6.45, 7) is 7.13. The minimum absolute atomic E-state index is 0.0636. The first-order valence-corrected chi connectivity index (χ1v) is 8.58. The monoisotopic (exact) mass is 348 g/mol. The van der Waals surface area contributed by atoms with Crippen LogP contribution in [-0.2, 0) is 4.79 Å². The van der Waals surface area contributed by atoms with E-state index in [9.17, 15) is 9.59 Å². The second-order valence-corrected chi connectivity index (χ2v) is 7.39. The molecule has 0 spiro atoms. The van der Waals surface area contributed by atoms with Crippen molar-refractivity contribution in [2.24, 2.45) is 5.41 Å². The van der Waals surface area contributed by atoms with Crippen molar-refractivity contribution in [2.45, 2.75) is 39.7 Å². The minimum atomic E-state index is -0.368. The molecule has 1 aliphatic rings. The molecule has 6 heteroatoms. The van der Waals surface area contributed by atoms with Crippen molar-refractivity contribution >= 4 is 11.8 Å². The Morgan fingerprint density at radius 1 is 1.04 bits per heavy atom. The molecule has 1 aliphatic heterocycles. The molecule has 0 radical (unpaired) electrons. The summed E-state index contributed by atoms with van der Waals surface area (Å²) in [5.74, 6) is 1.16. The van der Waals surface area contributed by atoms with Crippen LogP contribution in [-0.4, -0.2) is 50.1 Å². The maximum atomic E-state index is 12.5. The van der Waals surface area contributed by atoms with Crippen molar-refractivity contribution < 1.29 is 19.1 Å². The van der Waals surface area contributed by atoms with E-state index in [0.29, 0.717) is 30.2 Å². The highest BCUT2D eigenvalue weighted by atomic mass is 16.5. The SMILES string of the molecule is COc1cc(OC)cc(C(=O)NC2CCN(C(=O)C(C)(C)C)CC2)c1. The number of carbonyl (C=O) groups excluding carboxylic acids is 2. The Morgan fingerprint density at radius 2 is 1.56 bits per heavy atom. The van der Waals surface area contributed by atoms with E-state index in [1.807, 2.05) is 25.7 Å². The van der Waals surface area contributed by atoms with Crippen LogP contribution in [0.25, 0.3) is 0 Å². The fourth-order valence-electron chi connectivity index (χ4n) is 2.91. The van der Waals surface area contributed by atoms with E-state index >= 15 is 0 Å². The molecule has 0 unspecified atom stereocenters. The van der Waals surface area contributed by atoms with Crippen LogP contribution in [0.5, 0.6) is 11.5 Å². The fourth-order valence-corrected chi connectivity index (χ4v) is 2.91. The molecule has 0 bridgehead atoms. The molecule has 25 heavy (non-hydrogen) atoms. The van der Waals surface area contributed by atoms with Gasteiger partial charge in [-0.1, -0.05) is 20.8 Å². The Balaban J connectivity index is 1.96. The first-order chi connectivity index (χ1) is 11.7. The average molecular weight is 348 g/mol. The molecular formula is C19H28N2O4. The largest absolute Gasteiger partial charge is 0.497 e. The standard InChI is InChI=1S/C19H28N2O4/c1-19(2,3)18(23)21-8-6-14(7-9-21)20-17(22)13-10-15(24-4)12-16(11-13)25-5/h10-12,14H,6-9H2,1-5H3,(H,20,22). The van der Waals surface area contributed by atoms with Crippen LogP contribution < -0.4 is 14.8 Å². The quantitative estimate of drug-likeness (QED) is 0.908. The van der Waals surface area contributed by atoms with Crippen molar-refractivity contribution in [3.63, 3.8) is 0 Å². The predicted molar refractivity (Wildman–Crippen MR) is 96.1 cm³/mol. The highest BCUT2D eigenvalue weighted by molar-refractivity contribution is 5.95. The van der Waals surface area contributed by atoms with Gasteiger partial charge in [-0.3, -0.25) is 9.59 Å². The molecule has 1 fully saturated rings. The molecule has 2 rings (SSSR count). The summed E-state index contributed by atoms with van der Waals surface area (Å²) < 4.78 is 10.4. The van der Waals surface area contributed by atoms with Crippen molar-refractivity contribution in [3.8, 4) is 11.5 Å². The zero-order valence-electron chi connectivity index (χ0n) is 15.7. The predicted octanol–water partition coefficient (Wildman–Crippen LogP) is 2.47. The van der Waals surface area contributed by atoms with Gasteiger partial charge in [-0.25, -0.2) is 0 Å². The third-order valence-corrected chi connectivity index (χ3v) is 4.37. The zero-order valence-corrected chi connectivity index (χ0v) is 15.7. The molecule has 0 aromatic heterocycles. The smallest absolute Gasteiger partial charge is 0.251 e. The number of carbonyl (C=O) groups is 2. The van der Waals surface area contributed by atoms with Gasteiger partial charge in [0, 0.05) is 36.2 Å². The molecule has 1 aromatic carbocycles. The lowest BCUT2D eigenvalue weighted by molar-refractivity contribution is -0.140. The fraction of sp³-hybridized carbons (Fsp3) is 0.579. The molecule has 138 valence electrons. The van der Waals surface area contributed by atoms with Gasteiger partial charge in [0.05, 0.1) is 14.2 Å². The maximum absolute atomic E-state index is 12.5. The highest BCUT2D eigenvalue weighted by Gasteiger charge is 2.30. The van der Waals surface area contributed by atoms with Gasteiger partial charge in [-0.2, -0.15) is 0 Å². The summed E-state index contributed by atoms with van der Waals surface area (Å²) >= 11 is 0. The molecule has 1 heterocycles. The Labute approximate surface area is 149 Å². The van der Waals surface area contributed by atoms with Crippen LogP contribution in [0, 0.1) is 5.41 Å². The minimum Gasteiger partial charge on any atom is -0.497 e. The van der Waals surface area contributed by atoms with Gasteiger partial charge in [0.25, 0.3) is 5.91 Å². The third kappa shape index (κ3) is 4.87. The van der Waals surface area contributed by atoms with Gasteiger partial charge in [0.1, 0.15) is 11.5 Å². The number of methoxy groups -OCH3 is 2. The second-order valence-electron chi connectivity index (χ2n) is 7.39. The van der Waals surface area contributed by atoms with Gasteiger partial charge < -0.3 is 19.7 Å². The Hall–Kier alpha value is -2.24. The molecule has 0 aliphatic carbocycles. The van der Waals surface area contributed by atoms with E-state index < -0.39 is 0 Å². The molecule has 1 aromatic rings. The Bertz CT molecular complexity index is 607. The molecule has 2 amide bonds. The van der Waals surface area contributed by atoms with E-state index in [2.05, 4.69) is 5.32 Å². The van der Waals surface area contributed by atoms with Gasteiger partial charge >= 0.3 is 0 Å². The number of ether oxygens (including phenoxy) is 2. The van der Waals surface area contributed by atoms with E-state index in [4.69, 9.17) is 9.47 Å². The Kier molecular flexibility index (Phi) is 5.93. The molecule has 6 nitrogen and oxygen atoms in total. The maximum Gasteiger partial charge on any atom is 0.251 e. The van der Waals surface area contributed by atoms with Crippen LogP contribution >= 0.6 is 0 Å². The van der Waals surface area contributed by atoms with Crippen molar-refractivity contribution in [1.29, 1.82) is 0 Å². The van der Waals surface area contributed by atoms with Crippen LogP contribution in [0.15, 0.2) is 18.2 Å². The lowest BCUT2D eigenvalue weighted by Gasteiger charge is -2.36. The summed E-state index contributed by atoms with van der Waals surface area (Å²) in [7, 11) is 3.11. The van der Waals surface area contributed by atoms with Gasteiger partial charge in [0.2, 0.25) is 5.91 Å². The first-order valence-electron chi connectivity index (χ1n) is 8.58. The van der Waals surface area contributed by atoms with E-state index in [0.717, 1.165) is 12.8 Å². The number of hydrogen-bond acceptors (Lipinski definition) is 4. The van der Waals surface area contributed by atoms with E-state index in [1.54, 1.807) is 32.4 Å². The molecule has 0 atom stereocenters. The van der Waals surface area contributed by atoms with Crippen molar-refractivity contribution in [3.05, 3.63) is 23.8 Å². The van der Waals surface area contributed by atoms with Gasteiger partial charge in [-0.05, 0) is 25.0 Å². The molecule has 1 N–H and O–H groups in total. The Morgan fingerprint density at radius 3 is 2.00 bits per heavy atom. The van der Waals surface area contributed by atoms with E-state index in [1.165, 1.54) is 0 Å². The van der Waals surface area contributed by atoms with Crippen molar-refractivity contribution in [1.82, 2.24) is 10.2 Å². The van der Waals surface area contributed by atoms with Crippen LogP contribution in [0.1, 0.15) is 44.0 Å². The summed E-state index contributed by atoms with van der Waals surface area (Å²) in [6.07, 6.45) is 1.52. The number of nitrogens with zero attached hydrogens (tertiary/aromatic N) is 1. The van der Waals surface area contributed by atoms with Crippen LogP contribution in [0.2, 0.25) is 0 Å². The summed E-state index contributed by atoms with van der Waals surface area (Å²) in [6, 6.07) is 5.17. The number of rotatable bonds is 4. The molecular weight excluding hydrogens is 320 g/mol. The van der Waals surface area contributed by atoms with Gasteiger partial charge in [-0.15, -0.1) is 0 Å². The summed E-state index contributed by atoms with van der Waals surface area (Å²) in [4.78, 5) is 26.7. The second kappa shape index (κ2) is 7.76. The normalized spacial score (nSPS) is 15.6. The van der Waals surface area contributed by atoms with Crippen LogP contribution in [0.3, 0.4) is 0 Å². The first kappa shape index (κ1) is 19.1. The zero-order chi connectivity index (χ0) is 18.6.